The summed E-state index contributed by atoms with van der Waals surface area (Å²) in [5, 5.41) is 3.60. The molecule has 3 nitrogen and oxygen atoms in total. The van der Waals surface area contributed by atoms with Crippen molar-refractivity contribution < 1.29 is 4.74 Å². The van der Waals surface area contributed by atoms with Crippen molar-refractivity contribution in [3.05, 3.63) is 35.4 Å². The number of morpholine rings is 1. The van der Waals surface area contributed by atoms with Gasteiger partial charge in [-0.2, -0.15) is 0 Å². The van der Waals surface area contributed by atoms with Crippen LogP contribution in [0.25, 0.3) is 0 Å². The van der Waals surface area contributed by atoms with E-state index in [0.29, 0.717) is 6.04 Å². The monoisotopic (exact) mass is 248 g/mol. The smallest absolute Gasteiger partial charge is 0.0594 e. The minimum absolute atomic E-state index is 0.423. The molecule has 1 aromatic carbocycles. The zero-order chi connectivity index (χ0) is 12.8. The summed E-state index contributed by atoms with van der Waals surface area (Å²) in [4.78, 5) is 2.46. The summed E-state index contributed by atoms with van der Waals surface area (Å²) >= 11 is 0. The first-order valence-corrected chi connectivity index (χ1v) is 6.86. The zero-order valence-corrected chi connectivity index (χ0v) is 11.5. The molecule has 3 heteroatoms. The minimum atomic E-state index is 0.423. The molecule has 1 N–H and O–H groups in total. The average molecular weight is 248 g/mol. The number of hydrogen-bond donors (Lipinski definition) is 1. The zero-order valence-electron chi connectivity index (χ0n) is 11.5. The molecule has 1 aliphatic rings. The second-order valence-corrected chi connectivity index (χ2v) is 4.99. The molecule has 1 saturated heterocycles. The van der Waals surface area contributed by atoms with Gasteiger partial charge in [0.25, 0.3) is 0 Å². The summed E-state index contributed by atoms with van der Waals surface area (Å²) in [6, 6.07) is 9.02. The minimum Gasteiger partial charge on any atom is -0.379 e. The van der Waals surface area contributed by atoms with Crippen LogP contribution in [0.1, 0.15) is 24.1 Å². The van der Waals surface area contributed by atoms with Gasteiger partial charge in [0, 0.05) is 32.2 Å². The van der Waals surface area contributed by atoms with E-state index in [1.54, 1.807) is 0 Å². The fraction of sp³-hybridized carbons (Fsp3) is 0.600. The Kier molecular flexibility index (Phi) is 5.17. The lowest BCUT2D eigenvalue weighted by Gasteiger charge is -2.27. The first-order chi connectivity index (χ1) is 8.77. The topological polar surface area (TPSA) is 24.5 Å². The summed E-state index contributed by atoms with van der Waals surface area (Å²) in [6.07, 6.45) is 0. The third kappa shape index (κ3) is 3.80. The van der Waals surface area contributed by atoms with Gasteiger partial charge in [0.1, 0.15) is 0 Å². The highest BCUT2D eigenvalue weighted by molar-refractivity contribution is 5.28. The van der Waals surface area contributed by atoms with Crippen LogP contribution >= 0.6 is 0 Å². The summed E-state index contributed by atoms with van der Waals surface area (Å²) in [7, 11) is 0. The van der Waals surface area contributed by atoms with Crippen molar-refractivity contribution >= 4 is 0 Å². The van der Waals surface area contributed by atoms with Crippen LogP contribution < -0.4 is 5.32 Å². The standard InChI is InChI=1S/C15H24N2O/c1-13-5-3-4-6-15(13)14(2)16-7-8-17-9-11-18-12-10-17/h3-6,14,16H,7-12H2,1-2H3/t14-/m1/s1. The van der Waals surface area contributed by atoms with Crippen molar-refractivity contribution in [1.82, 2.24) is 10.2 Å². The summed E-state index contributed by atoms with van der Waals surface area (Å²) in [6.45, 7) is 10.5. The van der Waals surface area contributed by atoms with Crippen molar-refractivity contribution in [2.75, 3.05) is 39.4 Å². The largest absolute Gasteiger partial charge is 0.379 e. The molecule has 18 heavy (non-hydrogen) atoms. The van der Waals surface area contributed by atoms with E-state index in [4.69, 9.17) is 4.74 Å². The average Bonchev–Trinajstić information content (AvgIpc) is 2.40. The molecular weight excluding hydrogens is 224 g/mol. The van der Waals surface area contributed by atoms with E-state index >= 15 is 0 Å². The van der Waals surface area contributed by atoms with Crippen molar-refractivity contribution in [3.63, 3.8) is 0 Å². The SMILES string of the molecule is Cc1ccccc1[C@@H](C)NCCN1CCOCC1. The fourth-order valence-electron chi connectivity index (χ4n) is 2.45. The summed E-state index contributed by atoms with van der Waals surface area (Å²) < 4.78 is 5.35. The number of hydrogen-bond acceptors (Lipinski definition) is 3. The Labute approximate surface area is 110 Å². The molecule has 1 atom stereocenters. The third-order valence-electron chi connectivity index (χ3n) is 3.64. The lowest BCUT2D eigenvalue weighted by molar-refractivity contribution is 0.0382. The molecule has 2 rings (SSSR count). The van der Waals surface area contributed by atoms with Gasteiger partial charge in [-0.3, -0.25) is 4.90 Å². The highest BCUT2D eigenvalue weighted by Crippen LogP contribution is 2.16. The van der Waals surface area contributed by atoms with Gasteiger partial charge in [-0.25, -0.2) is 0 Å². The fourth-order valence-corrected chi connectivity index (χ4v) is 2.45. The second kappa shape index (κ2) is 6.88. The lowest BCUT2D eigenvalue weighted by atomic mass is 10.0. The molecule has 1 aromatic rings. The van der Waals surface area contributed by atoms with Crippen LogP contribution in [0.4, 0.5) is 0 Å². The molecule has 0 radical (unpaired) electrons. The van der Waals surface area contributed by atoms with Crippen LogP contribution in [0.2, 0.25) is 0 Å². The van der Waals surface area contributed by atoms with Crippen LogP contribution in [-0.2, 0) is 4.74 Å². The molecule has 1 aliphatic heterocycles. The van der Waals surface area contributed by atoms with E-state index in [1.807, 2.05) is 0 Å². The molecule has 0 spiro atoms. The van der Waals surface area contributed by atoms with E-state index in [2.05, 4.69) is 48.3 Å². The highest BCUT2D eigenvalue weighted by Gasteiger charge is 2.11. The molecule has 0 aromatic heterocycles. The van der Waals surface area contributed by atoms with Gasteiger partial charge in [-0.05, 0) is 25.0 Å². The Morgan fingerprint density at radius 1 is 1.28 bits per heavy atom. The Bertz CT molecular complexity index is 361. The molecule has 100 valence electrons. The summed E-state index contributed by atoms with van der Waals surface area (Å²) in [5.74, 6) is 0. The normalized spacial score (nSPS) is 18.8. The van der Waals surface area contributed by atoms with E-state index in [-0.39, 0.29) is 0 Å². The number of nitrogens with one attached hydrogen (secondary N) is 1. The van der Waals surface area contributed by atoms with Crippen LogP contribution in [-0.4, -0.2) is 44.3 Å². The van der Waals surface area contributed by atoms with Crippen LogP contribution in [0.3, 0.4) is 0 Å². The van der Waals surface area contributed by atoms with E-state index in [9.17, 15) is 0 Å². The van der Waals surface area contributed by atoms with Gasteiger partial charge < -0.3 is 10.1 Å². The molecule has 0 amide bonds. The van der Waals surface area contributed by atoms with Crippen molar-refractivity contribution in [1.29, 1.82) is 0 Å². The molecular formula is C15H24N2O. The van der Waals surface area contributed by atoms with Crippen molar-refractivity contribution in [2.24, 2.45) is 0 Å². The first-order valence-electron chi connectivity index (χ1n) is 6.86. The van der Waals surface area contributed by atoms with Crippen molar-refractivity contribution in [2.45, 2.75) is 19.9 Å². The third-order valence-corrected chi connectivity index (χ3v) is 3.64. The lowest BCUT2D eigenvalue weighted by Crippen LogP contribution is -2.40. The van der Waals surface area contributed by atoms with Gasteiger partial charge in [-0.15, -0.1) is 0 Å². The Morgan fingerprint density at radius 2 is 2.00 bits per heavy atom. The number of aryl methyl sites for hydroxylation is 1. The predicted octanol–water partition coefficient (Wildman–Crippen LogP) is 1.98. The summed E-state index contributed by atoms with van der Waals surface area (Å²) in [5.41, 5.74) is 2.77. The van der Waals surface area contributed by atoms with Crippen LogP contribution in [0.5, 0.6) is 0 Å². The molecule has 0 aliphatic carbocycles. The van der Waals surface area contributed by atoms with Crippen molar-refractivity contribution in [3.8, 4) is 0 Å². The van der Waals surface area contributed by atoms with Gasteiger partial charge >= 0.3 is 0 Å². The van der Waals surface area contributed by atoms with E-state index < -0.39 is 0 Å². The first kappa shape index (κ1) is 13.5. The molecule has 0 bridgehead atoms. The molecule has 0 saturated carbocycles. The van der Waals surface area contributed by atoms with E-state index in [0.717, 1.165) is 39.4 Å². The Morgan fingerprint density at radius 3 is 2.72 bits per heavy atom. The number of benzene rings is 1. The second-order valence-electron chi connectivity index (χ2n) is 4.99. The van der Waals surface area contributed by atoms with Gasteiger partial charge in [0.15, 0.2) is 0 Å². The van der Waals surface area contributed by atoms with E-state index in [1.165, 1.54) is 11.1 Å². The predicted molar refractivity (Wildman–Crippen MR) is 74.9 cm³/mol. The van der Waals surface area contributed by atoms with Crippen LogP contribution in [0, 0.1) is 6.92 Å². The van der Waals surface area contributed by atoms with Gasteiger partial charge in [-0.1, -0.05) is 24.3 Å². The maximum atomic E-state index is 5.35. The number of ether oxygens (including phenoxy) is 1. The highest BCUT2D eigenvalue weighted by atomic mass is 16.5. The maximum Gasteiger partial charge on any atom is 0.0594 e. The molecule has 0 unspecified atom stereocenters. The van der Waals surface area contributed by atoms with Gasteiger partial charge in [0.2, 0.25) is 0 Å². The van der Waals surface area contributed by atoms with Crippen LogP contribution in [0.15, 0.2) is 24.3 Å². The molecule has 1 fully saturated rings. The Hall–Kier alpha value is -0.900. The molecule has 1 heterocycles. The maximum absolute atomic E-state index is 5.35. The number of rotatable bonds is 5. The van der Waals surface area contributed by atoms with Gasteiger partial charge in [0.05, 0.1) is 13.2 Å². The quantitative estimate of drug-likeness (QED) is 0.862. The Balaban J connectivity index is 1.74. The number of nitrogens with zero attached hydrogens (tertiary/aromatic N) is 1.